The number of aliphatic hydroxyl groups excluding tert-OH is 1. The number of nitrogens with zero attached hydrogens (tertiary/aromatic N) is 2. The van der Waals surface area contributed by atoms with E-state index in [2.05, 4.69) is 22.0 Å². The third kappa shape index (κ3) is 5.76. The quantitative estimate of drug-likeness (QED) is 0.504. The minimum atomic E-state index is 0.0888. The maximum absolute atomic E-state index is 8.70. The smallest absolute Gasteiger partial charge is 0.174 e. The lowest BCUT2D eigenvalue weighted by molar-refractivity contribution is 0.305. The second kappa shape index (κ2) is 8.67. The molecule has 0 unspecified atom stereocenters. The Hall–Kier alpha value is -1.55. The highest BCUT2D eigenvalue weighted by Gasteiger charge is 2.01. The van der Waals surface area contributed by atoms with Gasteiger partial charge in [-0.3, -0.25) is 0 Å². The van der Waals surface area contributed by atoms with Crippen molar-refractivity contribution in [3.05, 3.63) is 34.8 Å². The van der Waals surface area contributed by atoms with Crippen molar-refractivity contribution in [2.75, 3.05) is 19.0 Å². The molecule has 4 nitrogen and oxygen atoms in total. The number of hydrogen-bond acceptors (Lipinski definition) is 6. The van der Waals surface area contributed by atoms with Gasteiger partial charge >= 0.3 is 0 Å². The van der Waals surface area contributed by atoms with Crippen molar-refractivity contribution in [1.82, 2.24) is 10.2 Å². The molecule has 1 N–H and O–H groups in total. The van der Waals surface area contributed by atoms with E-state index in [-0.39, 0.29) is 6.61 Å². The largest absolute Gasteiger partial charge is 0.493 e. The standard InChI is InChI=1S/C15H16N2O2S2/c1-12-16-17-15(21-12)20-10-9-19-14-7-4-6-13(11-14)5-2-3-8-18/h4,6-7,11,18H,3,8-10H2,1H3. The minimum absolute atomic E-state index is 0.0888. The number of ether oxygens (including phenoxy) is 1. The van der Waals surface area contributed by atoms with Gasteiger partial charge in [-0.15, -0.1) is 10.2 Å². The second-order valence-electron chi connectivity index (χ2n) is 4.09. The van der Waals surface area contributed by atoms with E-state index in [0.29, 0.717) is 13.0 Å². The highest BCUT2D eigenvalue weighted by Crippen LogP contribution is 2.21. The zero-order valence-corrected chi connectivity index (χ0v) is 13.3. The highest BCUT2D eigenvalue weighted by molar-refractivity contribution is 8.01. The first-order valence-corrected chi connectivity index (χ1v) is 8.33. The summed E-state index contributed by atoms with van der Waals surface area (Å²) < 4.78 is 6.67. The van der Waals surface area contributed by atoms with Crippen LogP contribution in [0.5, 0.6) is 5.75 Å². The predicted octanol–water partition coefficient (Wildman–Crippen LogP) is 2.75. The maximum Gasteiger partial charge on any atom is 0.174 e. The summed E-state index contributed by atoms with van der Waals surface area (Å²) >= 11 is 3.24. The van der Waals surface area contributed by atoms with E-state index >= 15 is 0 Å². The molecule has 0 radical (unpaired) electrons. The van der Waals surface area contributed by atoms with Crippen molar-refractivity contribution in [2.24, 2.45) is 0 Å². The summed E-state index contributed by atoms with van der Waals surface area (Å²) in [4.78, 5) is 0. The van der Waals surface area contributed by atoms with Crippen LogP contribution in [0.15, 0.2) is 28.6 Å². The van der Waals surface area contributed by atoms with Crippen LogP contribution in [0.2, 0.25) is 0 Å². The van der Waals surface area contributed by atoms with E-state index in [1.54, 1.807) is 23.1 Å². The first kappa shape index (κ1) is 15.8. The van der Waals surface area contributed by atoms with Gasteiger partial charge in [0.15, 0.2) is 4.34 Å². The van der Waals surface area contributed by atoms with Gasteiger partial charge in [-0.1, -0.05) is 41.0 Å². The van der Waals surface area contributed by atoms with Crippen molar-refractivity contribution in [3.63, 3.8) is 0 Å². The number of aryl methyl sites for hydroxylation is 1. The highest BCUT2D eigenvalue weighted by atomic mass is 32.2. The van der Waals surface area contributed by atoms with Crippen LogP contribution in [0.1, 0.15) is 17.0 Å². The van der Waals surface area contributed by atoms with E-state index in [0.717, 1.165) is 26.4 Å². The molecule has 0 saturated carbocycles. The summed E-state index contributed by atoms with van der Waals surface area (Å²) in [5, 5.41) is 17.7. The molecule has 0 atom stereocenters. The van der Waals surface area contributed by atoms with Crippen molar-refractivity contribution < 1.29 is 9.84 Å². The van der Waals surface area contributed by atoms with Gasteiger partial charge in [-0.25, -0.2) is 0 Å². The molecule has 1 aromatic heterocycles. The summed E-state index contributed by atoms with van der Waals surface area (Å²) in [6.07, 6.45) is 0.489. The molecular formula is C15H16N2O2S2. The van der Waals surface area contributed by atoms with E-state index in [1.165, 1.54) is 0 Å². The maximum atomic E-state index is 8.70. The Labute approximate surface area is 132 Å². The van der Waals surface area contributed by atoms with Gasteiger partial charge in [-0.2, -0.15) is 0 Å². The Bertz CT molecular complexity index is 632. The Morgan fingerprint density at radius 2 is 2.29 bits per heavy atom. The van der Waals surface area contributed by atoms with E-state index in [9.17, 15) is 0 Å². The molecule has 0 fully saturated rings. The van der Waals surface area contributed by atoms with Crippen molar-refractivity contribution in [3.8, 4) is 17.6 Å². The lowest BCUT2D eigenvalue weighted by atomic mass is 10.2. The van der Waals surface area contributed by atoms with Crippen molar-refractivity contribution in [1.29, 1.82) is 0 Å². The number of benzene rings is 1. The lowest BCUT2D eigenvalue weighted by Crippen LogP contribution is -2.00. The molecule has 1 heterocycles. The fraction of sp³-hybridized carbons (Fsp3) is 0.333. The Balaban J connectivity index is 1.78. The van der Waals surface area contributed by atoms with Crippen LogP contribution in [0.25, 0.3) is 0 Å². The zero-order valence-electron chi connectivity index (χ0n) is 11.7. The van der Waals surface area contributed by atoms with Gasteiger partial charge < -0.3 is 9.84 Å². The van der Waals surface area contributed by atoms with Gasteiger partial charge in [0.2, 0.25) is 0 Å². The van der Waals surface area contributed by atoms with Crippen molar-refractivity contribution >= 4 is 23.1 Å². The third-order valence-corrected chi connectivity index (χ3v) is 4.32. The average Bonchev–Trinajstić information content (AvgIpc) is 2.90. The van der Waals surface area contributed by atoms with Crippen molar-refractivity contribution in [2.45, 2.75) is 17.7 Å². The number of hydrogen-bond donors (Lipinski definition) is 1. The lowest BCUT2D eigenvalue weighted by Gasteiger charge is -2.05. The molecule has 0 aliphatic rings. The Morgan fingerprint density at radius 3 is 3.05 bits per heavy atom. The Morgan fingerprint density at radius 1 is 1.38 bits per heavy atom. The summed E-state index contributed by atoms with van der Waals surface area (Å²) in [6.45, 7) is 2.64. The molecule has 0 aliphatic heterocycles. The van der Waals surface area contributed by atoms with Crippen LogP contribution in [0.3, 0.4) is 0 Å². The predicted molar refractivity (Wildman–Crippen MR) is 85.9 cm³/mol. The summed E-state index contributed by atoms with van der Waals surface area (Å²) in [5.74, 6) is 7.52. The van der Waals surface area contributed by atoms with Gasteiger partial charge in [-0.05, 0) is 25.1 Å². The molecule has 0 aliphatic carbocycles. The molecule has 0 saturated heterocycles. The van der Waals surface area contributed by atoms with Crippen LogP contribution in [-0.4, -0.2) is 34.3 Å². The van der Waals surface area contributed by atoms with Gasteiger partial charge in [0, 0.05) is 17.7 Å². The number of aromatic nitrogens is 2. The monoisotopic (exact) mass is 320 g/mol. The number of aliphatic hydroxyl groups is 1. The van der Waals surface area contributed by atoms with Crippen LogP contribution in [0.4, 0.5) is 0 Å². The van der Waals surface area contributed by atoms with Gasteiger partial charge in [0.05, 0.1) is 13.2 Å². The second-order valence-corrected chi connectivity index (χ2v) is 6.61. The average molecular weight is 320 g/mol. The molecule has 2 aromatic rings. The summed E-state index contributed by atoms with van der Waals surface area (Å²) in [5.41, 5.74) is 0.897. The SMILES string of the molecule is Cc1nnc(SCCOc2cccc(C#CCCO)c2)s1. The van der Waals surface area contributed by atoms with Gasteiger partial charge in [0.1, 0.15) is 10.8 Å². The Kier molecular flexibility index (Phi) is 6.54. The molecule has 0 amide bonds. The fourth-order valence-electron chi connectivity index (χ4n) is 1.51. The van der Waals surface area contributed by atoms with E-state index in [4.69, 9.17) is 9.84 Å². The normalized spacial score (nSPS) is 10.0. The first-order valence-electron chi connectivity index (χ1n) is 6.53. The first-order chi connectivity index (χ1) is 10.3. The molecule has 21 heavy (non-hydrogen) atoms. The van der Waals surface area contributed by atoms with Crippen LogP contribution < -0.4 is 4.74 Å². The zero-order chi connectivity index (χ0) is 14.9. The molecule has 1 aromatic carbocycles. The number of rotatable bonds is 6. The molecule has 2 rings (SSSR count). The van der Waals surface area contributed by atoms with Crippen LogP contribution in [0, 0.1) is 18.8 Å². The van der Waals surface area contributed by atoms with Gasteiger partial charge in [0.25, 0.3) is 0 Å². The summed E-state index contributed by atoms with van der Waals surface area (Å²) in [6, 6.07) is 7.66. The van der Waals surface area contributed by atoms with E-state index in [1.807, 2.05) is 31.2 Å². The topological polar surface area (TPSA) is 55.2 Å². The fourth-order valence-corrected chi connectivity index (χ4v) is 3.21. The summed E-state index contributed by atoms with van der Waals surface area (Å²) in [7, 11) is 0. The molecular weight excluding hydrogens is 304 g/mol. The minimum Gasteiger partial charge on any atom is -0.493 e. The molecule has 6 heteroatoms. The molecule has 0 bridgehead atoms. The van der Waals surface area contributed by atoms with Crippen LogP contribution >= 0.6 is 23.1 Å². The third-order valence-electron chi connectivity index (χ3n) is 2.39. The van der Waals surface area contributed by atoms with Crippen LogP contribution in [-0.2, 0) is 0 Å². The molecule has 0 spiro atoms. The van der Waals surface area contributed by atoms with E-state index < -0.39 is 0 Å². The number of thioether (sulfide) groups is 1. The molecule has 110 valence electrons.